The topological polar surface area (TPSA) is 52.6 Å². The van der Waals surface area contributed by atoms with Crippen molar-refractivity contribution in [2.75, 3.05) is 14.2 Å². The van der Waals surface area contributed by atoms with E-state index in [2.05, 4.69) is 0 Å². The molecule has 98 valence electrons. The van der Waals surface area contributed by atoms with Gasteiger partial charge in [-0.3, -0.25) is 9.59 Å². The molecule has 0 N–H and O–H groups in total. The standard InChI is InChI=1S/C14H18O4/c1-9-10-5-4-6-12(17-2)14(10,13(16)18-3)8-7-11(9)15/h6H,4-5,7-8H2,1-3H3. The van der Waals surface area contributed by atoms with Crippen LogP contribution in [0, 0.1) is 5.41 Å². The fraction of sp³-hybridized carbons (Fsp3) is 0.571. The van der Waals surface area contributed by atoms with Gasteiger partial charge in [-0.1, -0.05) is 0 Å². The molecule has 2 aliphatic carbocycles. The van der Waals surface area contributed by atoms with Crippen molar-refractivity contribution in [3.05, 3.63) is 23.0 Å². The van der Waals surface area contributed by atoms with E-state index in [4.69, 9.17) is 9.47 Å². The van der Waals surface area contributed by atoms with Crippen LogP contribution in [0.1, 0.15) is 32.6 Å². The first kappa shape index (κ1) is 12.9. The van der Waals surface area contributed by atoms with Crippen molar-refractivity contribution in [1.29, 1.82) is 0 Å². The number of Topliss-reactive ketones (excluding diaryl/α,β-unsaturated/α-hetero) is 1. The highest BCUT2D eigenvalue weighted by Gasteiger charge is 2.52. The first-order valence-electron chi connectivity index (χ1n) is 6.14. The van der Waals surface area contributed by atoms with Gasteiger partial charge in [0.1, 0.15) is 11.2 Å². The van der Waals surface area contributed by atoms with Gasteiger partial charge >= 0.3 is 5.97 Å². The van der Waals surface area contributed by atoms with Crippen molar-refractivity contribution in [1.82, 2.24) is 0 Å². The number of rotatable bonds is 2. The first-order valence-corrected chi connectivity index (χ1v) is 6.14. The molecule has 0 saturated heterocycles. The molecule has 0 bridgehead atoms. The Kier molecular flexibility index (Phi) is 3.28. The molecule has 0 aliphatic heterocycles. The van der Waals surface area contributed by atoms with E-state index in [0.717, 1.165) is 18.4 Å². The van der Waals surface area contributed by atoms with E-state index >= 15 is 0 Å². The summed E-state index contributed by atoms with van der Waals surface area (Å²) in [6.07, 6.45) is 4.26. The van der Waals surface area contributed by atoms with Crippen LogP contribution in [0.4, 0.5) is 0 Å². The van der Waals surface area contributed by atoms with Crippen LogP contribution in [-0.4, -0.2) is 26.0 Å². The molecule has 0 aromatic carbocycles. The predicted octanol–water partition coefficient (Wildman–Crippen LogP) is 2.15. The van der Waals surface area contributed by atoms with Crippen LogP contribution < -0.4 is 0 Å². The van der Waals surface area contributed by atoms with Gasteiger partial charge in [-0.25, -0.2) is 0 Å². The summed E-state index contributed by atoms with van der Waals surface area (Å²) in [6, 6.07) is 0. The molecule has 0 fully saturated rings. The third kappa shape index (κ3) is 1.59. The number of methoxy groups -OCH3 is 2. The van der Waals surface area contributed by atoms with Gasteiger partial charge in [-0.2, -0.15) is 0 Å². The van der Waals surface area contributed by atoms with Gasteiger partial charge in [0, 0.05) is 6.42 Å². The second-order valence-corrected chi connectivity index (χ2v) is 4.73. The second-order valence-electron chi connectivity index (χ2n) is 4.73. The molecule has 1 unspecified atom stereocenters. The number of carbonyl (C=O) groups is 2. The minimum Gasteiger partial charge on any atom is -0.500 e. The number of ether oxygens (including phenoxy) is 2. The molecule has 18 heavy (non-hydrogen) atoms. The van der Waals surface area contributed by atoms with Gasteiger partial charge in [0.05, 0.1) is 14.2 Å². The molecule has 4 heteroatoms. The van der Waals surface area contributed by atoms with E-state index in [1.165, 1.54) is 7.11 Å². The lowest BCUT2D eigenvalue weighted by Gasteiger charge is -2.40. The Morgan fingerprint density at radius 3 is 2.67 bits per heavy atom. The first-order chi connectivity index (χ1) is 8.57. The summed E-state index contributed by atoms with van der Waals surface area (Å²) in [4.78, 5) is 24.1. The van der Waals surface area contributed by atoms with Gasteiger partial charge in [-0.05, 0) is 43.4 Å². The summed E-state index contributed by atoms with van der Waals surface area (Å²) in [5.74, 6) is 0.432. The zero-order valence-electron chi connectivity index (χ0n) is 11.0. The van der Waals surface area contributed by atoms with Gasteiger partial charge in [0.2, 0.25) is 0 Å². The van der Waals surface area contributed by atoms with Crippen LogP contribution in [0.25, 0.3) is 0 Å². The van der Waals surface area contributed by atoms with E-state index < -0.39 is 5.41 Å². The smallest absolute Gasteiger partial charge is 0.323 e. The monoisotopic (exact) mass is 250 g/mol. The summed E-state index contributed by atoms with van der Waals surface area (Å²) in [7, 11) is 2.94. The van der Waals surface area contributed by atoms with Crippen molar-refractivity contribution in [3.8, 4) is 0 Å². The molecular formula is C14H18O4. The second kappa shape index (κ2) is 4.59. The molecule has 0 saturated carbocycles. The van der Waals surface area contributed by atoms with Crippen molar-refractivity contribution >= 4 is 11.8 Å². The average molecular weight is 250 g/mol. The maximum absolute atomic E-state index is 12.3. The molecule has 1 atom stereocenters. The lowest BCUT2D eigenvalue weighted by Crippen LogP contribution is -2.42. The molecule has 0 radical (unpaired) electrons. The summed E-state index contributed by atoms with van der Waals surface area (Å²) >= 11 is 0. The average Bonchev–Trinajstić information content (AvgIpc) is 2.41. The van der Waals surface area contributed by atoms with Crippen LogP contribution in [0.3, 0.4) is 0 Å². The number of allylic oxidation sites excluding steroid dienone is 2. The third-order valence-electron chi connectivity index (χ3n) is 4.01. The fourth-order valence-corrected chi connectivity index (χ4v) is 3.08. The molecule has 4 nitrogen and oxygen atoms in total. The Labute approximate surface area is 107 Å². The predicted molar refractivity (Wildman–Crippen MR) is 65.7 cm³/mol. The lowest BCUT2D eigenvalue weighted by atomic mass is 9.64. The van der Waals surface area contributed by atoms with Crippen molar-refractivity contribution in [2.24, 2.45) is 5.41 Å². The Morgan fingerprint density at radius 2 is 2.06 bits per heavy atom. The van der Waals surface area contributed by atoms with E-state index in [0.29, 0.717) is 24.2 Å². The summed E-state index contributed by atoms with van der Waals surface area (Å²) in [6.45, 7) is 1.80. The minimum atomic E-state index is -0.861. The zero-order chi connectivity index (χ0) is 13.3. The van der Waals surface area contributed by atoms with Crippen molar-refractivity contribution < 1.29 is 19.1 Å². The molecule has 0 aromatic rings. The molecule has 0 heterocycles. The van der Waals surface area contributed by atoms with Crippen LogP contribution in [-0.2, 0) is 19.1 Å². The van der Waals surface area contributed by atoms with Crippen molar-refractivity contribution in [3.63, 3.8) is 0 Å². The van der Waals surface area contributed by atoms with Crippen LogP contribution in [0.2, 0.25) is 0 Å². The van der Waals surface area contributed by atoms with Crippen molar-refractivity contribution in [2.45, 2.75) is 32.6 Å². The molecule has 0 amide bonds. The van der Waals surface area contributed by atoms with Gasteiger partial charge in [0.25, 0.3) is 0 Å². The number of esters is 1. The van der Waals surface area contributed by atoms with Crippen LogP contribution in [0.5, 0.6) is 0 Å². The summed E-state index contributed by atoms with van der Waals surface area (Å²) in [5.41, 5.74) is 0.721. The fourth-order valence-electron chi connectivity index (χ4n) is 3.08. The van der Waals surface area contributed by atoms with E-state index in [-0.39, 0.29) is 11.8 Å². The summed E-state index contributed by atoms with van der Waals surface area (Å²) < 4.78 is 10.3. The zero-order valence-corrected chi connectivity index (χ0v) is 11.0. The normalized spacial score (nSPS) is 27.5. The maximum Gasteiger partial charge on any atom is 0.323 e. The number of fused-ring (bicyclic) bond motifs is 1. The number of hydrogen-bond donors (Lipinski definition) is 0. The van der Waals surface area contributed by atoms with E-state index in [9.17, 15) is 9.59 Å². The van der Waals surface area contributed by atoms with E-state index in [1.54, 1.807) is 14.0 Å². The Morgan fingerprint density at radius 1 is 1.33 bits per heavy atom. The van der Waals surface area contributed by atoms with Crippen LogP contribution >= 0.6 is 0 Å². The van der Waals surface area contributed by atoms with Gasteiger partial charge in [-0.15, -0.1) is 0 Å². The number of ketones is 1. The minimum absolute atomic E-state index is 0.127. The highest BCUT2D eigenvalue weighted by atomic mass is 16.5. The Hall–Kier alpha value is -1.58. The van der Waals surface area contributed by atoms with Gasteiger partial charge < -0.3 is 9.47 Å². The van der Waals surface area contributed by atoms with E-state index in [1.807, 2.05) is 6.08 Å². The molecule has 0 spiro atoms. The largest absolute Gasteiger partial charge is 0.500 e. The Bertz CT molecular complexity index is 458. The molecule has 0 aromatic heterocycles. The summed E-state index contributed by atoms with van der Waals surface area (Å²) in [5, 5.41) is 0. The number of carbonyl (C=O) groups excluding carboxylic acids is 2. The molecule has 2 rings (SSSR count). The molecular weight excluding hydrogens is 232 g/mol. The van der Waals surface area contributed by atoms with Crippen LogP contribution in [0.15, 0.2) is 23.0 Å². The van der Waals surface area contributed by atoms with Gasteiger partial charge in [0.15, 0.2) is 5.78 Å². The Balaban J connectivity index is 2.64. The quantitative estimate of drug-likeness (QED) is 0.705. The number of hydrogen-bond acceptors (Lipinski definition) is 4. The molecule has 2 aliphatic rings. The highest BCUT2D eigenvalue weighted by molar-refractivity contribution is 6.00. The highest BCUT2D eigenvalue weighted by Crippen LogP contribution is 2.50. The third-order valence-corrected chi connectivity index (χ3v) is 4.01. The SMILES string of the molecule is COC(=O)C12CCC(=O)C(C)=C1CCC=C2OC. The lowest BCUT2D eigenvalue weighted by molar-refractivity contribution is -0.151. The maximum atomic E-state index is 12.3.